The lowest BCUT2D eigenvalue weighted by Gasteiger charge is -2.33. The molecule has 0 N–H and O–H groups in total. The SMILES string of the molecule is CC(C)N(C)C1(CN(C)C)CC1. The van der Waals surface area contributed by atoms with Gasteiger partial charge in [0, 0.05) is 18.1 Å². The van der Waals surface area contributed by atoms with Crippen LogP contribution >= 0.6 is 0 Å². The van der Waals surface area contributed by atoms with E-state index in [1.807, 2.05) is 0 Å². The van der Waals surface area contributed by atoms with Gasteiger partial charge >= 0.3 is 0 Å². The topological polar surface area (TPSA) is 6.48 Å². The Kier molecular flexibility index (Phi) is 2.79. The van der Waals surface area contributed by atoms with E-state index in [1.54, 1.807) is 0 Å². The first-order valence-corrected chi connectivity index (χ1v) is 4.86. The molecule has 0 aromatic rings. The lowest BCUT2D eigenvalue weighted by atomic mass is 10.2. The zero-order valence-electron chi connectivity index (χ0n) is 9.09. The molecule has 0 atom stereocenters. The van der Waals surface area contributed by atoms with Crippen LogP contribution in [-0.2, 0) is 0 Å². The van der Waals surface area contributed by atoms with Gasteiger partial charge in [-0.25, -0.2) is 0 Å². The lowest BCUT2D eigenvalue weighted by molar-refractivity contribution is 0.142. The summed E-state index contributed by atoms with van der Waals surface area (Å²) in [5.74, 6) is 0. The zero-order valence-corrected chi connectivity index (χ0v) is 9.09. The highest BCUT2D eigenvalue weighted by molar-refractivity contribution is 5.05. The van der Waals surface area contributed by atoms with Gasteiger partial charge in [0.05, 0.1) is 0 Å². The molecule has 2 heteroatoms. The fourth-order valence-corrected chi connectivity index (χ4v) is 1.90. The minimum Gasteiger partial charge on any atom is -0.308 e. The van der Waals surface area contributed by atoms with Gasteiger partial charge in [0.1, 0.15) is 0 Å². The summed E-state index contributed by atoms with van der Waals surface area (Å²) in [6, 6.07) is 0.674. The van der Waals surface area contributed by atoms with Crippen LogP contribution in [0.2, 0.25) is 0 Å². The van der Waals surface area contributed by atoms with E-state index in [2.05, 4.69) is 44.8 Å². The van der Waals surface area contributed by atoms with E-state index in [9.17, 15) is 0 Å². The van der Waals surface area contributed by atoms with Gasteiger partial charge in [-0.15, -0.1) is 0 Å². The third kappa shape index (κ3) is 1.99. The van der Waals surface area contributed by atoms with Crippen LogP contribution in [0.1, 0.15) is 26.7 Å². The summed E-state index contributed by atoms with van der Waals surface area (Å²) >= 11 is 0. The Morgan fingerprint density at radius 2 is 1.67 bits per heavy atom. The fourth-order valence-electron chi connectivity index (χ4n) is 1.90. The van der Waals surface area contributed by atoms with Gasteiger partial charge in [-0.1, -0.05) is 0 Å². The Morgan fingerprint density at radius 1 is 1.17 bits per heavy atom. The Morgan fingerprint density at radius 3 is 1.92 bits per heavy atom. The maximum Gasteiger partial charge on any atom is 0.0337 e. The Balaban J connectivity index is 2.48. The van der Waals surface area contributed by atoms with Crippen LogP contribution in [0.15, 0.2) is 0 Å². The van der Waals surface area contributed by atoms with E-state index < -0.39 is 0 Å². The predicted octanol–water partition coefficient (Wildman–Crippen LogP) is 1.42. The monoisotopic (exact) mass is 170 g/mol. The van der Waals surface area contributed by atoms with Gasteiger partial charge in [-0.2, -0.15) is 0 Å². The molecule has 0 aromatic heterocycles. The van der Waals surface area contributed by atoms with Crippen molar-refractivity contribution in [2.75, 3.05) is 27.7 Å². The van der Waals surface area contributed by atoms with Crippen molar-refractivity contribution < 1.29 is 0 Å². The molecule has 0 spiro atoms. The molecule has 0 unspecified atom stereocenters. The zero-order chi connectivity index (χ0) is 9.35. The highest BCUT2D eigenvalue weighted by Crippen LogP contribution is 2.42. The standard InChI is InChI=1S/C10H22N2/c1-9(2)12(5)10(6-7-10)8-11(3)4/h9H,6-8H2,1-5H3. The number of hydrogen-bond acceptors (Lipinski definition) is 2. The average Bonchev–Trinajstić information content (AvgIpc) is 2.66. The summed E-state index contributed by atoms with van der Waals surface area (Å²) in [4.78, 5) is 4.82. The van der Waals surface area contributed by atoms with E-state index in [0.717, 1.165) is 0 Å². The molecule has 0 saturated heterocycles. The van der Waals surface area contributed by atoms with Gasteiger partial charge in [-0.05, 0) is 47.8 Å². The molecule has 0 aliphatic heterocycles. The van der Waals surface area contributed by atoms with Gasteiger partial charge in [-0.3, -0.25) is 4.90 Å². The van der Waals surface area contributed by atoms with Crippen LogP contribution < -0.4 is 0 Å². The predicted molar refractivity (Wildman–Crippen MR) is 53.4 cm³/mol. The maximum absolute atomic E-state index is 2.52. The van der Waals surface area contributed by atoms with Gasteiger partial charge in [0.25, 0.3) is 0 Å². The summed E-state index contributed by atoms with van der Waals surface area (Å²) in [6.07, 6.45) is 2.75. The van der Waals surface area contributed by atoms with Gasteiger partial charge in [0.15, 0.2) is 0 Å². The third-order valence-corrected chi connectivity index (χ3v) is 2.96. The summed E-state index contributed by atoms with van der Waals surface area (Å²) in [5, 5.41) is 0. The van der Waals surface area contributed by atoms with E-state index >= 15 is 0 Å². The summed E-state index contributed by atoms with van der Waals surface area (Å²) in [6.45, 7) is 5.76. The molecular weight excluding hydrogens is 148 g/mol. The first-order chi connectivity index (χ1) is 5.48. The summed E-state index contributed by atoms with van der Waals surface area (Å²) in [5.41, 5.74) is 0.512. The first kappa shape index (κ1) is 10.0. The Labute approximate surface area is 76.5 Å². The van der Waals surface area contributed by atoms with E-state index in [-0.39, 0.29) is 0 Å². The van der Waals surface area contributed by atoms with E-state index in [1.165, 1.54) is 19.4 Å². The second-order valence-corrected chi connectivity index (χ2v) is 4.67. The molecule has 1 aliphatic rings. The molecule has 0 radical (unpaired) electrons. The van der Waals surface area contributed by atoms with Crippen LogP contribution in [0.3, 0.4) is 0 Å². The van der Waals surface area contributed by atoms with Crippen LogP contribution in [0.4, 0.5) is 0 Å². The quantitative estimate of drug-likeness (QED) is 0.629. The molecule has 1 rings (SSSR count). The normalized spacial score (nSPS) is 21.0. The average molecular weight is 170 g/mol. The van der Waals surface area contributed by atoms with Gasteiger partial charge in [0.2, 0.25) is 0 Å². The Bertz CT molecular complexity index is 148. The minimum absolute atomic E-state index is 0.512. The van der Waals surface area contributed by atoms with E-state index in [4.69, 9.17) is 0 Å². The number of likely N-dealkylation sites (N-methyl/N-ethyl adjacent to an activating group) is 2. The molecule has 2 nitrogen and oxygen atoms in total. The molecule has 0 heterocycles. The summed E-state index contributed by atoms with van der Waals surface area (Å²) < 4.78 is 0. The molecule has 72 valence electrons. The highest BCUT2D eigenvalue weighted by Gasteiger charge is 2.47. The number of hydrogen-bond donors (Lipinski definition) is 0. The van der Waals surface area contributed by atoms with E-state index in [0.29, 0.717) is 11.6 Å². The van der Waals surface area contributed by atoms with Crippen molar-refractivity contribution in [2.45, 2.75) is 38.3 Å². The van der Waals surface area contributed by atoms with Crippen LogP contribution in [-0.4, -0.2) is 49.1 Å². The van der Waals surface area contributed by atoms with Crippen molar-refractivity contribution in [3.63, 3.8) is 0 Å². The fraction of sp³-hybridized carbons (Fsp3) is 1.00. The number of nitrogens with zero attached hydrogens (tertiary/aromatic N) is 2. The largest absolute Gasteiger partial charge is 0.308 e. The molecular formula is C10H22N2. The van der Waals surface area contributed by atoms with Crippen LogP contribution in [0.5, 0.6) is 0 Å². The molecule has 1 saturated carbocycles. The van der Waals surface area contributed by atoms with Crippen molar-refractivity contribution in [3.8, 4) is 0 Å². The first-order valence-electron chi connectivity index (χ1n) is 4.86. The van der Waals surface area contributed by atoms with Crippen molar-refractivity contribution in [1.82, 2.24) is 9.80 Å². The molecule has 0 bridgehead atoms. The lowest BCUT2D eigenvalue weighted by Crippen LogP contribution is -2.45. The smallest absolute Gasteiger partial charge is 0.0337 e. The Hall–Kier alpha value is -0.0800. The third-order valence-electron chi connectivity index (χ3n) is 2.96. The minimum atomic E-state index is 0.512. The maximum atomic E-state index is 2.52. The molecule has 1 aliphatic carbocycles. The molecule has 0 aromatic carbocycles. The van der Waals surface area contributed by atoms with Crippen LogP contribution in [0, 0.1) is 0 Å². The molecule has 1 fully saturated rings. The highest BCUT2D eigenvalue weighted by atomic mass is 15.3. The van der Waals surface area contributed by atoms with Crippen molar-refractivity contribution in [2.24, 2.45) is 0 Å². The second-order valence-electron chi connectivity index (χ2n) is 4.67. The van der Waals surface area contributed by atoms with Crippen molar-refractivity contribution in [3.05, 3.63) is 0 Å². The van der Waals surface area contributed by atoms with Crippen molar-refractivity contribution >= 4 is 0 Å². The van der Waals surface area contributed by atoms with Crippen molar-refractivity contribution in [1.29, 1.82) is 0 Å². The van der Waals surface area contributed by atoms with Crippen LogP contribution in [0.25, 0.3) is 0 Å². The molecule has 12 heavy (non-hydrogen) atoms. The van der Waals surface area contributed by atoms with Gasteiger partial charge < -0.3 is 4.90 Å². The summed E-state index contributed by atoms with van der Waals surface area (Å²) in [7, 11) is 6.57. The number of rotatable bonds is 4. The molecule has 0 amide bonds. The second kappa shape index (κ2) is 3.35.